The van der Waals surface area contributed by atoms with Gasteiger partial charge in [-0.25, -0.2) is 4.98 Å². The lowest BCUT2D eigenvalue weighted by molar-refractivity contribution is 0.450. The Morgan fingerprint density at radius 1 is 1.16 bits per heavy atom. The normalized spacial score (nSPS) is 10.7. The summed E-state index contributed by atoms with van der Waals surface area (Å²) in [4.78, 5) is 8.56. The molecule has 19 heavy (non-hydrogen) atoms. The zero-order valence-electron chi connectivity index (χ0n) is 11.6. The Labute approximate surface area is 113 Å². The maximum atomic E-state index is 5.81. The van der Waals surface area contributed by atoms with Crippen molar-refractivity contribution in [3.63, 3.8) is 0 Å². The number of para-hydroxylation sites is 1. The maximum Gasteiger partial charge on any atom is 0.237 e. The van der Waals surface area contributed by atoms with Crippen molar-refractivity contribution in [1.29, 1.82) is 0 Å². The molecule has 1 aromatic carbocycles. The van der Waals surface area contributed by atoms with Gasteiger partial charge in [0.05, 0.1) is 18.1 Å². The second kappa shape index (κ2) is 6.29. The molecule has 0 spiro atoms. The Hall–Kier alpha value is -1.94. The zero-order chi connectivity index (χ0) is 13.7. The first-order valence-electron chi connectivity index (χ1n) is 6.43. The Balaban J connectivity index is 2.17. The van der Waals surface area contributed by atoms with Crippen LogP contribution in [0.4, 0.5) is 0 Å². The summed E-state index contributed by atoms with van der Waals surface area (Å²) < 4.78 is 5.81. The van der Waals surface area contributed by atoms with Crippen molar-refractivity contribution >= 4 is 0 Å². The van der Waals surface area contributed by atoms with Crippen LogP contribution in [0.25, 0.3) is 0 Å². The molecule has 0 bridgehead atoms. The van der Waals surface area contributed by atoms with Crippen molar-refractivity contribution in [2.45, 2.75) is 26.3 Å². The van der Waals surface area contributed by atoms with Crippen LogP contribution in [0.5, 0.6) is 11.6 Å². The van der Waals surface area contributed by atoms with E-state index in [0.29, 0.717) is 18.3 Å². The van der Waals surface area contributed by atoms with Crippen LogP contribution in [0.3, 0.4) is 0 Å². The fraction of sp³-hybridized carbons (Fsp3) is 0.333. The molecular formula is C15H19N3O. The molecule has 1 N–H and O–H groups in total. The fourth-order valence-corrected chi connectivity index (χ4v) is 1.83. The molecule has 0 fully saturated rings. The first-order chi connectivity index (χ1) is 9.20. The van der Waals surface area contributed by atoms with Gasteiger partial charge >= 0.3 is 0 Å². The van der Waals surface area contributed by atoms with Crippen LogP contribution in [0, 0.1) is 0 Å². The summed E-state index contributed by atoms with van der Waals surface area (Å²) in [7, 11) is 1.88. The van der Waals surface area contributed by atoms with E-state index in [4.69, 9.17) is 4.74 Å². The maximum absolute atomic E-state index is 5.81. The molecule has 100 valence electrons. The summed E-state index contributed by atoms with van der Waals surface area (Å²) in [6.45, 7) is 4.99. The Bertz CT molecular complexity index is 523. The third kappa shape index (κ3) is 3.51. The highest BCUT2D eigenvalue weighted by Crippen LogP contribution is 2.28. The van der Waals surface area contributed by atoms with Crippen LogP contribution in [0.2, 0.25) is 0 Å². The van der Waals surface area contributed by atoms with E-state index in [2.05, 4.69) is 35.2 Å². The van der Waals surface area contributed by atoms with Crippen molar-refractivity contribution in [3.8, 4) is 11.6 Å². The number of ether oxygens (including phenoxy) is 1. The molecule has 4 heteroatoms. The number of nitrogens with zero attached hydrogens (tertiary/aromatic N) is 2. The molecule has 0 saturated heterocycles. The van der Waals surface area contributed by atoms with Crippen molar-refractivity contribution in [2.75, 3.05) is 7.05 Å². The SMILES string of the molecule is CNCc1cnc(Oc2ccccc2C(C)C)cn1. The highest BCUT2D eigenvalue weighted by Gasteiger charge is 2.08. The van der Waals surface area contributed by atoms with E-state index in [0.717, 1.165) is 11.4 Å². The monoisotopic (exact) mass is 257 g/mol. The second-order valence-corrected chi connectivity index (χ2v) is 4.67. The first-order valence-corrected chi connectivity index (χ1v) is 6.43. The third-order valence-electron chi connectivity index (χ3n) is 2.80. The second-order valence-electron chi connectivity index (χ2n) is 4.67. The Morgan fingerprint density at radius 3 is 2.58 bits per heavy atom. The molecule has 4 nitrogen and oxygen atoms in total. The first kappa shape index (κ1) is 13.5. The van der Waals surface area contributed by atoms with Gasteiger partial charge < -0.3 is 10.1 Å². The fourth-order valence-electron chi connectivity index (χ4n) is 1.83. The quantitative estimate of drug-likeness (QED) is 0.894. The van der Waals surface area contributed by atoms with Crippen molar-refractivity contribution in [2.24, 2.45) is 0 Å². The molecule has 0 amide bonds. The van der Waals surface area contributed by atoms with Gasteiger partial charge in [-0.1, -0.05) is 32.0 Å². The minimum Gasteiger partial charge on any atom is -0.437 e. The summed E-state index contributed by atoms with van der Waals surface area (Å²) in [6.07, 6.45) is 3.38. The minimum absolute atomic E-state index is 0.410. The van der Waals surface area contributed by atoms with Gasteiger partial charge in [0.25, 0.3) is 0 Å². The summed E-state index contributed by atoms with van der Waals surface area (Å²) in [6, 6.07) is 8.01. The molecule has 0 aliphatic rings. The average Bonchev–Trinajstić information content (AvgIpc) is 2.42. The van der Waals surface area contributed by atoms with Crippen molar-refractivity contribution < 1.29 is 4.74 Å². The van der Waals surface area contributed by atoms with Gasteiger partial charge in [-0.05, 0) is 24.6 Å². The third-order valence-corrected chi connectivity index (χ3v) is 2.80. The minimum atomic E-state index is 0.410. The van der Waals surface area contributed by atoms with E-state index in [-0.39, 0.29) is 0 Å². The number of benzene rings is 1. The van der Waals surface area contributed by atoms with Crippen LogP contribution in [-0.2, 0) is 6.54 Å². The molecular weight excluding hydrogens is 238 g/mol. The molecule has 0 atom stereocenters. The van der Waals surface area contributed by atoms with Crippen LogP contribution in [0.15, 0.2) is 36.7 Å². The largest absolute Gasteiger partial charge is 0.437 e. The van der Waals surface area contributed by atoms with Crippen LogP contribution in [0.1, 0.15) is 31.0 Å². The highest BCUT2D eigenvalue weighted by atomic mass is 16.5. The molecule has 0 saturated carbocycles. The van der Waals surface area contributed by atoms with Gasteiger partial charge in [-0.2, -0.15) is 0 Å². The number of rotatable bonds is 5. The van der Waals surface area contributed by atoms with E-state index >= 15 is 0 Å². The van der Waals surface area contributed by atoms with Gasteiger partial charge in [-0.3, -0.25) is 4.98 Å². The van der Waals surface area contributed by atoms with E-state index in [1.54, 1.807) is 12.4 Å². The molecule has 2 aromatic rings. The summed E-state index contributed by atoms with van der Waals surface area (Å²) >= 11 is 0. The molecule has 0 aliphatic carbocycles. The lowest BCUT2D eigenvalue weighted by Crippen LogP contribution is -2.07. The van der Waals surface area contributed by atoms with Crippen molar-refractivity contribution in [3.05, 3.63) is 47.9 Å². The van der Waals surface area contributed by atoms with Gasteiger partial charge in [0.2, 0.25) is 5.88 Å². The highest BCUT2D eigenvalue weighted by molar-refractivity contribution is 5.37. The smallest absolute Gasteiger partial charge is 0.237 e. The number of aromatic nitrogens is 2. The molecule has 0 unspecified atom stereocenters. The predicted octanol–water partition coefficient (Wildman–Crippen LogP) is 3.11. The van der Waals surface area contributed by atoms with Gasteiger partial charge in [-0.15, -0.1) is 0 Å². The summed E-state index contributed by atoms with van der Waals surface area (Å²) in [5.74, 6) is 1.77. The van der Waals surface area contributed by atoms with E-state index in [9.17, 15) is 0 Å². The Morgan fingerprint density at radius 2 is 1.95 bits per heavy atom. The van der Waals surface area contributed by atoms with E-state index in [1.807, 2.05) is 25.2 Å². The van der Waals surface area contributed by atoms with Crippen molar-refractivity contribution in [1.82, 2.24) is 15.3 Å². The lowest BCUT2D eigenvalue weighted by atomic mass is 10.0. The molecule has 2 rings (SSSR count). The van der Waals surface area contributed by atoms with Gasteiger partial charge in [0.15, 0.2) is 0 Å². The average molecular weight is 257 g/mol. The topological polar surface area (TPSA) is 47.0 Å². The molecule has 1 aromatic heterocycles. The summed E-state index contributed by atoms with van der Waals surface area (Å²) in [5.41, 5.74) is 2.07. The molecule has 0 radical (unpaired) electrons. The molecule has 0 aliphatic heterocycles. The standard InChI is InChI=1S/C15H19N3O/c1-11(2)13-6-4-5-7-14(13)19-15-10-17-12(8-16-3)9-18-15/h4-7,9-11,16H,8H2,1-3H3. The number of nitrogens with one attached hydrogen (secondary N) is 1. The van der Waals surface area contributed by atoms with E-state index in [1.165, 1.54) is 5.56 Å². The van der Waals surface area contributed by atoms with Gasteiger partial charge in [0, 0.05) is 6.54 Å². The Kier molecular flexibility index (Phi) is 4.47. The van der Waals surface area contributed by atoms with Crippen LogP contribution < -0.4 is 10.1 Å². The summed E-state index contributed by atoms with van der Waals surface area (Å²) in [5, 5.41) is 3.03. The number of hydrogen-bond acceptors (Lipinski definition) is 4. The van der Waals surface area contributed by atoms with Crippen LogP contribution in [-0.4, -0.2) is 17.0 Å². The predicted molar refractivity (Wildman–Crippen MR) is 75.4 cm³/mol. The lowest BCUT2D eigenvalue weighted by Gasteiger charge is -2.12. The van der Waals surface area contributed by atoms with E-state index < -0.39 is 0 Å². The van der Waals surface area contributed by atoms with Crippen LogP contribution >= 0.6 is 0 Å². The number of hydrogen-bond donors (Lipinski definition) is 1. The molecule has 1 heterocycles. The van der Waals surface area contributed by atoms with Gasteiger partial charge in [0.1, 0.15) is 5.75 Å². The zero-order valence-corrected chi connectivity index (χ0v) is 11.6.